The van der Waals surface area contributed by atoms with E-state index in [4.69, 9.17) is 4.74 Å². The number of H-pyrrole nitrogens is 1. The number of nitrogens with zero attached hydrogens (tertiary/aromatic N) is 2. The van der Waals surface area contributed by atoms with Crippen LogP contribution in [0.4, 0.5) is 0 Å². The third-order valence-electron chi connectivity index (χ3n) is 3.79. The Kier molecular flexibility index (Phi) is 5.37. The van der Waals surface area contributed by atoms with Crippen LogP contribution in [0.3, 0.4) is 0 Å². The van der Waals surface area contributed by atoms with Gasteiger partial charge in [-0.3, -0.25) is 14.5 Å². The molecule has 0 radical (unpaired) electrons. The molecule has 0 bridgehead atoms. The van der Waals surface area contributed by atoms with Gasteiger partial charge in [0.2, 0.25) is 5.56 Å². The Balaban J connectivity index is 1.95. The van der Waals surface area contributed by atoms with Crippen molar-refractivity contribution in [1.29, 1.82) is 0 Å². The third kappa shape index (κ3) is 4.68. The lowest BCUT2D eigenvalue weighted by molar-refractivity contribution is 0.0163. The van der Waals surface area contributed by atoms with Crippen molar-refractivity contribution in [2.45, 2.75) is 13.8 Å². The molecule has 1 fully saturated rings. The average Bonchev–Trinajstić information content (AvgIpc) is 2.46. The monoisotopic (exact) mass is 307 g/mol. The van der Waals surface area contributed by atoms with Crippen LogP contribution in [0.5, 0.6) is 0 Å². The molecule has 0 atom stereocenters. The molecule has 2 heterocycles. The van der Waals surface area contributed by atoms with Crippen LogP contribution in [-0.2, 0) is 4.74 Å². The summed E-state index contributed by atoms with van der Waals surface area (Å²) in [6, 6.07) is 2.98. The van der Waals surface area contributed by atoms with Gasteiger partial charge in [0.25, 0.3) is 5.91 Å². The van der Waals surface area contributed by atoms with E-state index in [0.717, 1.165) is 32.8 Å². The molecule has 6 nitrogen and oxygen atoms in total. The van der Waals surface area contributed by atoms with Crippen LogP contribution in [0.15, 0.2) is 23.1 Å². The fraction of sp³-hybridized carbons (Fsp3) is 0.625. The number of rotatable bonds is 5. The Morgan fingerprint density at radius 1 is 1.41 bits per heavy atom. The van der Waals surface area contributed by atoms with Crippen molar-refractivity contribution in [2.24, 2.45) is 5.41 Å². The van der Waals surface area contributed by atoms with E-state index < -0.39 is 0 Å². The topological polar surface area (TPSA) is 65.6 Å². The number of amides is 1. The molecular formula is C16H25N3O3. The molecule has 0 saturated carbocycles. The highest BCUT2D eigenvalue weighted by molar-refractivity contribution is 5.93. The normalized spacial score (nSPS) is 16.5. The summed E-state index contributed by atoms with van der Waals surface area (Å²) in [6.45, 7) is 9.30. The van der Waals surface area contributed by atoms with Crippen LogP contribution >= 0.6 is 0 Å². The second kappa shape index (κ2) is 7.07. The Bertz CT molecular complexity index is 562. The second-order valence-electron chi connectivity index (χ2n) is 6.66. The first-order valence-electron chi connectivity index (χ1n) is 7.62. The first kappa shape index (κ1) is 16.7. The molecule has 122 valence electrons. The fourth-order valence-electron chi connectivity index (χ4n) is 2.93. The minimum atomic E-state index is -0.258. The molecule has 1 aromatic heterocycles. The van der Waals surface area contributed by atoms with Crippen molar-refractivity contribution >= 4 is 5.91 Å². The van der Waals surface area contributed by atoms with E-state index in [9.17, 15) is 9.59 Å². The van der Waals surface area contributed by atoms with E-state index in [2.05, 4.69) is 23.7 Å². The first-order valence-corrected chi connectivity index (χ1v) is 7.62. The molecule has 1 saturated heterocycles. The zero-order chi connectivity index (χ0) is 16.2. The first-order chi connectivity index (χ1) is 10.4. The van der Waals surface area contributed by atoms with E-state index in [1.807, 2.05) is 0 Å². The maximum absolute atomic E-state index is 12.4. The summed E-state index contributed by atoms with van der Waals surface area (Å²) in [4.78, 5) is 30.3. The van der Waals surface area contributed by atoms with Gasteiger partial charge in [-0.05, 0) is 11.5 Å². The zero-order valence-electron chi connectivity index (χ0n) is 13.6. The van der Waals surface area contributed by atoms with Gasteiger partial charge in [-0.25, -0.2) is 0 Å². The Hall–Kier alpha value is -1.66. The number of nitrogens with one attached hydrogen (secondary N) is 1. The SMILES string of the molecule is CN(CC(C)(C)CN1CCOCC1)C(=O)c1cc[nH]c(=O)c1. The molecule has 1 aliphatic rings. The van der Waals surface area contributed by atoms with Crippen molar-refractivity contribution in [2.75, 3.05) is 46.4 Å². The Morgan fingerprint density at radius 3 is 2.73 bits per heavy atom. The van der Waals surface area contributed by atoms with Gasteiger partial charge >= 0.3 is 0 Å². The molecule has 1 aromatic rings. The molecule has 0 aliphatic carbocycles. The van der Waals surface area contributed by atoms with Crippen molar-refractivity contribution in [3.05, 3.63) is 34.2 Å². The van der Waals surface area contributed by atoms with Crippen LogP contribution in [0.2, 0.25) is 0 Å². The smallest absolute Gasteiger partial charge is 0.253 e. The van der Waals surface area contributed by atoms with Gasteiger partial charge in [-0.2, -0.15) is 0 Å². The Morgan fingerprint density at radius 2 is 2.09 bits per heavy atom. The van der Waals surface area contributed by atoms with E-state index in [-0.39, 0.29) is 16.9 Å². The van der Waals surface area contributed by atoms with Crippen LogP contribution in [0.1, 0.15) is 24.2 Å². The lowest BCUT2D eigenvalue weighted by Gasteiger charge is -2.37. The fourth-order valence-corrected chi connectivity index (χ4v) is 2.93. The number of aromatic amines is 1. The standard InChI is InChI=1S/C16H25N3O3/c1-16(2,12-19-6-8-22-9-7-19)11-18(3)15(21)13-4-5-17-14(20)10-13/h4-5,10H,6-9,11-12H2,1-3H3,(H,17,20). The predicted octanol–water partition coefficient (Wildman–Crippen LogP) is 0.805. The summed E-state index contributed by atoms with van der Waals surface area (Å²) in [7, 11) is 1.78. The minimum Gasteiger partial charge on any atom is -0.379 e. The lowest BCUT2D eigenvalue weighted by Crippen LogP contribution is -2.46. The molecule has 6 heteroatoms. The third-order valence-corrected chi connectivity index (χ3v) is 3.79. The molecule has 22 heavy (non-hydrogen) atoms. The molecule has 1 amide bonds. The maximum atomic E-state index is 12.4. The van der Waals surface area contributed by atoms with Crippen molar-refractivity contribution in [3.63, 3.8) is 0 Å². The quantitative estimate of drug-likeness (QED) is 0.874. The van der Waals surface area contributed by atoms with Crippen LogP contribution in [-0.4, -0.2) is 67.1 Å². The molecule has 2 rings (SSSR count). The van der Waals surface area contributed by atoms with Gasteiger partial charge in [0.1, 0.15) is 0 Å². The highest BCUT2D eigenvalue weighted by Crippen LogP contribution is 2.20. The summed E-state index contributed by atoms with van der Waals surface area (Å²) in [5.41, 5.74) is 0.142. The van der Waals surface area contributed by atoms with E-state index in [1.165, 1.54) is 12.3 Å². The van der Waals surface area contributed by atoms with Crippen LogP contribution in [0, 0.1) is 5.41 Å². The number of carbonyl (C=O) groups excluding carboxylic acids is 1. The number of morpholine rings is 1. The molecule has 0 spiro atoms. The van der Waals surface area contributed by atoms with Crippen molar-refractivity contribution in [3.8, 4) is 0 Å². The van der Waals surface area contributed by atoms with Crippen LogP contribution < -0.4 is 5.56 Å². The largest absolute Gasteiger partial charge is 0.379 e. The number of ether oxygens (including phenoxy) is 1. The minimum absolute atomic E-state index is 0.0249. The molecule has 0 aromatic carbocycles. The van der Waals surface area contributed by atoms with Gasteiger partial charge in [-0.1, -0.05) is 13.8 Å². The highest BCUT2D eigenvalue weighted by Gasteiger charge is 2.26. The molecule has 1 aliphatic heterocycles. The summed E-state index contributed by atoms with van der Waals surface area (Å²) < 4.78 is 5.36. The zero-order valence-corrected chi connectivity index (χ0v) is 13.6. The van der Waals surface area contributed by atoms with Gasteiger partial charge < -0.3 is 14.6 Å². The molecular weight excluding hydrogens is 282 g/mol. The van der Waals surface area contributed by atoms with Crippen molar-refractivity contribution < 1.29 is 9.53 Å². The van der Waals surface area contributed by atoms with Gasteiger partial charge in [0, 0.05) is 51.1 Å². The number of pyridine rings is 1. The summed E-state index contributed by atoms with van der Waals surface area (Å²) >= 11 is 0. The number of aromatic nitrogens is 1. The number of hydrogen-bond donors (Lipinski definition) is 1. The van der Waals surface area contributed by atoms with Gasteiger partial charge in [0.15, 0.2) is 0 Å². The molecule has 1 N–H and O–H groups in total. The average molecular weight is 307 g/mol. The summed E-state index contributed by atoms with van der Waals surface area (Å²) in [6.07, 6.45) is 1.50. The van der Waals surface area contributed by atoms with Crippen molar-refractivity contribution in [1.82, 2.24) is 14.8 Å². The summed E-state index contributed by atoms with van der Waals surface area (Å²) in [5, 5.41) is 0. The Labute approximate surface area is 131 Å². The van der Waals surface area contributed by atoms with Gasteiger partial charge in [0.05, 0.1) is 13.2 Å². The second-order valence-corrected chi connectivity index (χ2v) is 6.66. The molecule has 0 unspecified atom stereocenters. The number of carbonyl (C=O) groups is 1. The van der Waals surface area contributed by atoms with Crippen LogP contribution in [0.25, 0.3) is 0 Å². The predicted molar refractivity (Wildman–Crippen MR) is 85.1 cm³/mol. The highest BCUT2D eigenvalue weighted by atomic mass is 16.5. The van der Waals surface area contributed by atoms with E-state index in [1.54, 1.807) is 18.0 Å². The van der Waals surface area contributed by atoms with Gasteiger partial charge in [-0.15, -0.1) is 0 Å². The van der Waals surface area contributed by atoms with E-state index >= 15 is 0 Å². The van der Waals surface area contributed by atoms with E-state index in [0.29, 0.717) is 12.1 Å². The lowest BCUT2D eigenvalue weighted by atomic mass is 9.91. The summed E-state index contributed by atoms with van der Waals surface area (Å²) in [5.74, 6) is -0.124. The number of hydrogen-bond acceptors (Lipinski definition) is 4. The maximum Gasteiger partial charge on any atom is 0.253 e.